The summed E-state index contributed by atoms with van der Waals surface area (Å²) < 4.78 is 0. The zero-order valence-corrected chi connectivity index (χ0v) is 8.34. The molecule has 1 aliphatic rings. The van der Waals surface area contributed by atoms with Gasteiger partial charge < -0.3 is 11.1 Å². The summed E-state index contributed by atoms with van der Waals surface area (Å²) in [7, 11) is 0. The molecule has 0 amide bonds. The lowest BCUT2D eigenvalue weighted by atomic mass is 10.0. The van der Waals surface area contributed by atoms with Gasteiger partial charge >= 0.3 is 0 Å². The van der Waals surface area contributed by atoms with Gasteiger partial charge in [-0.2, -0.15) is 0 Å². The van der Waals surface area contributed by atoms with Crippen molar-refractivity contribution in [3.8, 4) is 0 Å². The molecule has 2 nitrogen and oxygen atoms in total. The highest BCUT2D eigenvalue weighted by Gasteiger charge is 2.22. The van der Waals surface area contributed by atoms with Gasteiger partial charge in [0.25, 0.3) is 0 Å². The van der Waals surface area contributed by atoms with Crippen LogP contribution in [-0.4, -0.2) is 18.6 Å². The van der Waals surface area contributed by atoms with E-state index in [-0.39, 0.29) is 0 Å². The molecule has 0 radical (unpaired) electrons. The fourth-order valence-corrected chi connectivity index (χ4v) is 2.09. The van der Waals surface area contributed by atoms with Crippen molar-refractivity contribution >= 4 is 0 Å². The predicted molar refractivity (Wildman–Crippen MR) is 53.1 cm³/mol. The summed E-state index contributed by atoms with van der Waals surface area (Å²) in [6.07, 6.45) is 5.15. The van der Waals surface area contributed by atoms with Gasteiger partial charge in [-0.05, 0) is 38.1 Å². The van der Waals surface area contributed by atoms with Crippen LogP contribution in [0.4, 0.5) is 0 Å². The Balaban J connectivity index is 2.16. The van der Waals surface area contributed by atoms with Crippen molar-refractivity contribution < 1.29 is 0 Å². The van der Waals surface area contributed by atoms with E-state index in [1.54, 1.807) is 0 Å². The molecule has 0 aromatic rings. The molecule has 3 N–H and O–H groups in total. The Morgan fingerprint density at radius 2 is 2.00 bits per heavy atom. The predicted octanol–water partition coefficient (Wildman–Crippen LogP) is 1.50. The van der Waals surface area contributed by atoms with Crippen LogP contribution in [0.25, 0.3) is 0 Å². The topological polar surface area (TPSA) is 38.0 Å². The average molecular weight is 170 g/mol. The molecule has 1 saturated heterocycles. The van der Waals surface area contributed by atoms with Crippen molar-refractivity contribution in [3.05, 3.63) is 0 Å². The van der Waals surface area contributed by atoms with E-state index in [1.165, 1.54) is 19.3 Å². The van der Waals surface area contributed by atoms with Gasteiger partial charge in [0.15, 0.2) is 0 Å². The molecule has 1 aliphatic heterocycles. The molecule has 0 aromatic heterocycles. The van der Waals surface area contributed by atoms with E-state index >= 15 is 0 Å². The molecule has 2 atom stereocenters. The minimum atomic E-state index is 0.707. The summed E-state index contributed by atoms with van der Waals surface area (Å²) in [6.45, 7) is 5.40. The molecule has 1 heterocycles. The van der Waals surface area contributed by atoms with E-state index in [1.807, 2.05) is 0 Å². The van der Waals surface area contributed by atoms with Crippen molar-refractivity contribution in [2.24, 2.45) is 11.7 Å². The van der Waals surface area contributed by atoms with Crippen LogP contribution in [0.1, 0.15) is 39.5 Å². The Hall–Kier alpha value is -0.0800. The average Bonchev–Trinajstić information content (AvgIpc) is 2.36. The Morgan fingerprint density at radius 1 is 1.33 bits per heavy atom. The summed E-state index contributed by atoms with van der Waals surface area (Å²) in [5.74, 6) is 0.819. The van der Waals surface area contributed by atoms with Crippen LogP contribution < -0.4 is 11.1 Å². The minimum Gasteiger partial charge on any atom is -0.330 e. The maximum absolute atomic E-state index is 5.52. The standard InChI is InChI=1S/C10H22N2/c1-8(2)7-10-4-3-9(12-10)5-6-11/h8-10,12H,3-7,11H2,1-2H3/t9-,10-/m0/s1. The first kappa shape index (κ1) is 10.0. The lowest BCUT2D eigenvalue weighted by molar-refractivity contribution is 0.438. The number of rotatable bonds is 4. The van der Waals surface area contributed by atoms with Crippen LogP contribution in [-0.2, 0) is 0 Å². The van der Waals surface area contributed by atoms with Crippen LogP contribution >= 0.6 is 0 Å². The van der Waals surface area contributed by atoms with E-state index in [0.29, 0.717) is 6.04 Å². The van der Waals surface area contributed by atoms with Gasteiger partial charge in [0.2, 0.25) is 0 Å². The van der Waals surface area contributed by atoms with Crippen LogP contribution in [0, 0.1) is 5.92 Å². The molecule has 72 valence electrons. The largest absolute Gasteiger partial charge is 0.330 e. The molecule has 0 saturated carbocycles. The van der Waals surface area contributed by atoms with Crippen LogP contribution in [0.5, 0.6) is 0 Å². The summed E-state index contributed by atoms with van der Waals surface area (Å²) >= 11 is 0. The zero-order chi connectivity index (χ0) is 8.97. The van der Waals surface area contributed by atoms with Crippen molar-refractivity contribution in [1.82, 2.24) is 5.32 Å². The fourth-order valence-electron chi connectivity index (χ4n) is 2.09. The van der Waals surface area contributed by atoms with Crippen molar-refractivity contribution in [3.63, 3.8) is 0 Å². The molecular formula is C10H22N2. The lowest BCUT2D eigenvalue weighted by Crippen LogP contribution is -2.31. The Labute approximate surface area is 75.9 Å². The van der Waals surface area contributed by atoms with Crippen LogP contribution in [0.15, 0.2) is 0 Å². The van der Waals surface area contributed by atoms with E-state index in [0.717, 1.165) is 24.9 Å². The molecule has 0 unspecified atom stereocenters. The third-order valence-corrected chi connectivity index (χ3v) is 2.61. The van der Waals surface area contributed by atoms with E-state index in [2.05, 4.69) is 19.2 Å². The Bertz CT molecular complexity index is 123. The lowest BCUT2D eigenvalue weighted by Gasteiger charge is -2.15. The van der Waals surface area contributed by atoms with Gasteiger partial charge in [0.05, 0.1) is 0 Å². The quantitative estimate of drug-likeness (QED) is 0.671. The second kappa shape index (κ2) is 4.83. The van der Waals surface area contributed by atoms with Crippen LogP contribution in [0.3, 0.4) is 0 Å². The summed E-state index contributed by atoms with van der Waals surface area (Å²) in [4.78, 5) is 0. The third kappa shape index (κ3) is 3.11. The smallest absolute Gasteiger partial charge is 0.00822 e. The Kier molecular flexibility index (Phi) is 4.02. The highest BCUT2D eigenvalue weighted by molar-refractivity contribution is 4.83. The van der Waals surface area contributed by atoms with Gasteiger partial charge in [-0.15, -0.1) is 0 Å². The Morgan fingerprint density at radius 3 is 2.58 bits per heavy atom. The van der Waals surface area contributed by atoms with Gasteiger partial charge in [-0.3, -0.25) is 0 Å². The second-order valence-electron chi connectivity index (χ2n) is 4.34. The van der Waals surface area contributed by atoms with Crippen molar-refractivity contribution in [2.75, 3.05) is 6.54 Å². The second-order valence-corrected chi connectivity index (χ2v) is 4.34. The maximum atomic E-state index is 5.52. The highest BCUT2D eigenvalue weighted by atomic mass is 15.0. The molecule has 0 aliphatic carbocycles. The first-order chi connectivity index (χ1) is 5.72. The van der Waals surface area contributed by atoms with E-state index in [9.17, 15) is 0 Å². The van der Waals surface area contributed by atoms with Gasteiger partial charge in [-0.25, -0.2) is 0 Å². The normalized spacial score (nSPS) is 30.0. The van der Waals surface area contributed by atoms with Crippen molar-refractivity contribution in [2.45, 2.75) is 51.6 Å². The van der Waals surface area contributed by atoms with E-state index < -0.39 is 0 Å². The first-order valence-electron chi connectivity index (χ1n) is 5.18. The molecule has 0 spiro atoms. The van der Waals surface area contributed by atoms with Crippen LogP contribution in [0.2, 0.25) is 0 Å². The molecule has 0 bridgehead atoms. The number of hydrogen-bond donors (Lipinski definition) is 2. The fraction of sp³-hybridized carbons (Fsp3) is 1.00. The van der Waals surface area contributed by atoms with E-state index in [4.69, 9.17) is 5.73 Å². The molecule has 1 rings (SSSR count). The summed E-state index contributed by atoms with van der Waals surface area (Å²) in [5, 5.41) is 3.64. The van der Waals surface area contributed by atoms with Gasteiger partial charge in [0.1, 0.15) is 0 Å². The number of hydrogen-bond acceptors (Lipinski definition) is 2. The molecule has 1 fully saturated rings. The van der Waals surface area contributed by atoms with Gasteiger partial charge in [-0.1, -0.05) is 13.8 Å². The number of nitrogens with one attached hydrogen (secondary N) is 1. The summed E-state index contributed by atoms with van der Waals surface area (Å²) in [6, 6.07) is 1.47. The zero-order valence-electron chi connectivity index (χ0n) is 8.34. The number of nitrogens with two attached hydrogens (primary N) is 1. The molecular weight excluding hydrogens is 148 g/mol. The molecule has 0 aromatic carbocycles. The maximum Gasteiger partial charge on any atom is 0.00822 e. The SMILES string of the molecule is CC(C)C[C@@H]1CC[C@@H](CCN)N1. The monoisotopic (exact) mass is 170 g/mol. The van der Waals surface area contributed by atoms with Gasteiger partial charge in [0, 0.05) is 12.1 Å². The first-order valence-corrected chi connectivity index (χ1v) is 5.18. The summed E-state index contributed by atoms with van der Waals surface area (Å²) in [5.41, 5.74) is 5.52. The van der Waals surface area contributed by atoms with Crippen molar-refractivity contribution in [1.29, 1.82) is 0 Å². The minimum absolute atomic E-state index is 0.707. The molecule has 2 heteroatoms. The molecule has 12 heavy (non-hydrogen) atoms. The third-order valence-electron chi connectivity index (χ3n) is 2.61. The highest BCUT2D eigenvalue weighted by Crippen LogP contribution is 2.19.